The maximum Gasteiger partial charge on any atom is 0.269 e. The van der Waals surface area contributed by atoms with E-state index in [1.807, 2.05) is 11.1 Å². The molecule has 1 saturated heterocycles. The van der Waals surface area contributed by atoms with Gasteiger partial charge in [0.2, 0.25) is 0 Å². The van der Waals surface area contributed by atoms with Gasteiger partial charge >= 0.3 is 0 Å². The van der Waals surface area contributed by atoms with Crippen molar-refractivity contribution in [2.24, 2.45) is 5.10 Å². The normalized spacial score (nSPS) is 15.1. The quantitative estimate of drug-likeness (QED) is 0.495. The molecule has 0 spiro atoms. The number of para-hydroxylation sites is 1. The van der Waals surface area contributed by atoms with Crippen molar-refractivity contribution in [2.45, 2.75) is 0 Å². The molecule has 0 saturated carbocycles. The van der Waals surface area contributed by atoms with Crippen LogP contribution in [-0.4, -0.2) is 42.3 Å². The first-order chi connectivity index (χ1) is 11.2. The zero-order chi connectivity index (χ0) is 16.1. The number of hydrogen-bond acceptors (Lipinski definition) is 5. The van der Waals surface area contributed by atoms with E-state index in [1.54, 1.807) is 18.3 Å². The van der Waals surface area contributed by atoms with E-state index in [-0.39, 0.29) is 5.69 Å². The van der Waals surface area contributed by atoms with E-state index in [2.05, 4.69) is 34.3 Å². The molecule has 6 nitrogen and oxygen atoms in total. The molecule has 0 bridgehead atoms. The van der Waals surface area contributed by atoms with Gasteiger partial charge in [-0.25, -0.2) is 0 Å². The number of anilines is 1. The molecule has 118 valence electrons. The smallest absolute Gasteiger partial charge is 0.269 e. The number of piperazine rings is 1. The van der Waals surface area contributed by atoms with Crippen molar-refractivity contribution in [1.29, 1.82) is 0 Å². The predicted molar refractivity (Wildman–Crippen MR) is 90.9 cm³/mol. The summed E-state index contributed by atoms with van der Waals surface area (Å²) in [7, 11) is 0. The molecule has 2 aromatic rings. The highest BCUT2D eigenvalue weighted by Gasteiger charge is 2.15. The second-order valence-electron chi connectivity index (χ2n) is 5.37. The Morgan fingerprint density at radius 3 is 2.22 bits per heavy atom. The van der Waals surface area contributed by atoms with Crippen LogP contribution in [0.1, 0.15) is 5.56 Å². The van der Waals surface area contributed by atoms with Gasteiger partial charge in [-0.05, 0) is 29.8 Å². The van der Waals surface area contributed by atoms with Gasteiger partial charge in [0.05, 0.1) is 24.2 Å². The molecule has 6 heteroatoms. The Morgan fingerprint density at radius 2 is 1.61 bits per heavy atom. The summed E-state index contributed by atoms with van der Waals surface area (Å²) in [6.45, 7) is 3.58. The molecule has 0 unspecified atom stereocenters. The van der Waals surface area contributed by atoms with Crippen LogP contribution in [0.25, 0.3) is 0 Å². The minimum Gasteiger partial charge on any atom is -0.368 e. The van der Waals surface area contributed by atoms with Gasteiger partial charge < -0.3 is 4.90 Å². The third-order valence-electron chi connectivity index (χ3n) is 3.85. The molecule has 1 aliphatic heterocycles. The average Bonchev–Trinajstić information content (AvgIpc) is 2.61. The number of nitro benzene ring substituents is 1. The molecule has 0 aromatic heterocycles. The van der Waals surface area contributed by atoms with Gasteiger partial charge in [-0.15, -0.1) is 0 Å². The number of rotatable bonds is 4. The summed E-state index contributed by atoms with van der Waals surface area (Å²) in [5, 5.41) is 17.1. The lowest BCUT2D eigenvalue weighted by Crippen LogP contribution is -2.44. The zero-order valence-corrected chi connectivity index (χ0v) is 12.7. The third kappa shape index (κ3) is 3.85. The van der Waals surface area contributed by atoms with Crippen molar-refractivity contribution < 1.29 is 4.92 Å². The van der Waals surface area contributed by atoms with Crippen molar-refractivity contribution >= 4 is 17.6 Å². The van der Waals surface area contributed by atoms with Crippen molar-refractivity contribution in [3.8, 4) is 0 Å². The number of nitrogens with zero attached hydrogens (tertiary/aromatic N) is 4. The zero-order valence-electron chi connectivity index (χ0n) is 12.7. The molecular weight excluding hydrogens is 292 g/mol. The fraction of sp³-hybridized carbons (Fsp3) is 0.235. The lowest BCUT2D eigenvalue weighted by Gasteiger charge is -2.34. The molecule has 0 amide bonds. The maximum absolute atomic E-state index is 10.6. The fourth-order valence-electron chi connectivity index (χ4n) is 2.54. The molecule has 0 atom stereocenters. The van der Waals surface area contributed by atoms with Crippen molar-refractivity contribution in [3.05, 3.63) is 70.3 Å². The standard InChI is InChI=1S/C17H18N4O2/c22-21(23)17-8-6-15(7-9-17)14-18-20-12-10-19(11-13-20)16-4-2-1-3-5-16/h1-9,14H,10-13H2/b18-14+. The summed E-state index contributed by atoms with van der Waals surface area (Å²) in [6.07, 6.45) is 1.75. The van der Waals surface area contributed by atoms with Crippen LogP contribution < -0.4 is 4.90 Å². The Bertz CT molecular complexity index is 677. The van der Waals surface area contributed by atoms with Crippen LogP contribution in [-0.2, 0) is 0 Å². The Morgan fingerprint density at radius 1 is 0.957 bits per heavy atom. The average molecular weight is 310 g/mol. The summed E-state index contributed by atoms with van der Waals surface area (Å²) in [5.41, 5.74) is 2.20. The lowest BCUT2D eigenvalue weighted by atomic mass is 10.2. The van der Waals surface area contributed by atoms with Gasteiger partial charge in [-0.1, -0.05) is 18.2 Å². The molecule has 2 aromatic carbocycles. The summed E-state index contributed by atoms with van der Waals surface area (Å²) in [5.74, 6) is 0. The lowest BCUT2D eigenvalue weighted by molar-refractivity contribution is -0.384. The minimum atomic E-state index is -0.399. The van der Waals surface area contributed by atoms with E-state index in [4.69, 9.17) is 0 Å². The third-order valence-corrected chi connectivity index (χ3v) is 3.85. The monoisotopic (exact) mass is 310 g/mol. The summed E-state index contributed by atoms with van der Waals surface area (Å²) >= 11 is 0. The number of hydrazone groups is 1. The van der Waals surface area contributed by atoms with Gasteiger partial charge in [0.25, 0.3) is 5.69 Å². The largest absolute Gasteiger partial charge is 0.368 e. The maximum atomic E-state index is 10.6. The topological polar surface area (TPSA) is 62.0 Å². The van der Waals surface area contributed by atoms with Gasteiger partial charge in [0.15, 0.2) is 0 Å². The van der Waals surface area contributed by atoms with Crippen LogP contribution in [0.5, 0.6) is 0 Å². The minimum absolute atomic E-state index is 0.0959. The summed E-state index contributed by atoms with van der Waals surface area (Å²) in [6, 6.07) is 16.8. The van der Waals surface area contributed by atoms with Crippen LogP contribution in [0, 0.1) is 10.1 Å². The molecule has 1 fully saturated rings. The molecule has 3 rings (SSSR count). The van der Waals surface area contributed by atoms with Crippen LogP contribution in [0.15, 0.2) is 59.7 Å². The second-order valence-corrected chi connectivity index (χ2v) is 5.37. The number of nitro groups is 1. The van der Waals surface area contributed by atoms with E-state index < -0.39 is 4.92 Å². The van der Waals surface area contributed by atoms with Gasteiger partial charge in [0, 0.05) is 30.9 Å². The molecule has 1 heterocycles. The molecule has 1 aliphatic rings. The highest BCUT2D eigenvalue weighted by atomic mass is 16.6. The highest BCUT2D eigenvalue weighted by molar-refractivity contribution is 5.79. The molecule has 0 radical (unpaired) electrons. The summed E-state index contributed by atoms with van der Waals surface area (Å²) < 4.78 is 0. The van der Waals surface area contributed by atoms with Crippen molar-refractivity contribution in [2.75, 3.05) is 31.1 Å². The van der Waals surface area contributed by atoms with E-state index >= 15 is 0 Å². The number of hydrogen-bond donors (Lipinski definition) is 0. The molecular formula is C17H18N4O2. The van der Waals surface area contributed by atoms with E-state index in [0.29, 0.717) is 0 Å². The Labute approximate surface area is 134 Å². The van der Waals surface area contributed by atoms with Gasteiger partial charge in [-0.2, -0.15) is 5.10 Å². The first-order valence-corrected chi connectivity index (χ1v) is 7.56. The molecule has 0 N–H and O–H groups in total. The molecule has 23 heavy (non-hydrogen) atoms. The Kier molecular flexibility index (Phi) is 4.52. The number of non-ortho nitro benzene ring substituents is 1. The number of benzene rings is 2. The molecule has 0 aliphatic carbocycles. The first kappa shape index (κ1) is 15.0. The SMILES string of the molecule is O=[N+]([O-])c1ccc(/C=N/N2CCN(c3ccccc3)CC2)cc1. The predicted octanol–water partition coefficient (Wildman–Crippen LogP) is 2.75. The van der Waals surface area contributed by atoms with Crippen molar-refractivity contribution in [3.63, 3.8) is 0 Å². The second kappa shape index (κ2) is 6.91. The highest BCUT2D eigenvalue weighted by Crippen LogP contribution is 2.16. The van der Waals surface area contributed by atoms with Crippen LogP contribution >= 0.6 is 0 Å². The van der Waals surface area contributed by atoms with Crippen LogP contribution in [0.2, 0.25) is 0 Å². The summed E-state index contributed by atoms with van der Waals surface area (Å²) in [4.78, 5) is 12.6. The van der Waals surface area contributed by atoms with Crippen LogP contribution in [0.3, 0.4) is 0 Å². The van der Waals surface area contributed by atoms with E-state index in [9.17, 15) is 10.1 Å². The Hall–Kier alpha value is -2.89. The fourth-order valence-corrected chi connectivity index (χ4v) is 2.54. The van der Waals surface area contributed by atoms with Gasteiger partial charge in [-0.3, -0.25) is 15.1 Å². The van der Waals surface area contributed by atoms with E-state index in [1.165, 1.54) is 17.8 Å². The first-order valence-electron chi connectivity index (χ1n) is 7.56. The van der Waals surface area contributed by atoms with Gasteiger partial charge in [0.1, 0.15) is 0 Å². The Balaban J connectivity index is 1.55. The van der Waals surface area contributed by atoms with Crippen molar-refractivity contribution in [1.82, 2.24) is 5.01 Å². The van der Waals surface area contributed by atoms with Crippen LogP contribution in [0.4, 0.5) is 11.4 Å². The van der Waals surface area contributed by atoms with E-state index in [0.717, 1.165) is 31.7 Å².